The number of nitrogens with one attached hydrogen (secondary N) is 2. The van der Waals surface area contributed by atoms with Gasteiger partial charge in [0.15, 0.2) is 0 Å². The van der Waals surface area contributed by atoms with Crippen molar-refractivity contribution in [1.29, 1.82) is 0 Å². The van der Waals surface area contributed by atoms with Gasteiger partial charge < -0.3 is 5.32 Å². The molecule has 1 heterocycles. The molecular weight excluding hydrogens is 230 g/mol. The summed E-state index contributed by atoms with van der Waals surface area (Å²) >= 11 is 0. The number of hydrogen-bond donors (Lipinski definition) is 2. The lowest BCUT2D eigenvalue weighted by atomic mass is 10.0. The lowest BCUT2D eigenvalue weighted by Gasteiger charge is -2.17. The van der Waals surface area contributed by atoms with Gasteiger partial charge in [0.25, 0.3) is 5.91 Å². The van der Waals surface area contributed by atoms with Crippen molar-refractivity contribution in [2.75, 3.05) is 0 Å². The van der Waals surface area contributed by atoms with E-state index in [1.165, 1.54) is 6.42 Å². The van der Waals surface area contributed by atoms with Crippen LogP contribution >= 0.6 is 0 Å². The summed E-state index contributed by atoms with van der Waals surface area (Å²) in [6.07, 6.45) is 4.04. The van der Waals surface area contributed by atoms with Gasteiger partial charge in [-0.1, -0.05) is 26.7 Å². The molecule has 0 aromatic carbocycles. The average molecular weight is 253 g/mol. The van der Waals surface area contributed by atoms with Crippen LogP contribution in [-0.4, -0.2) is 23.6 Å². The highest BCUT2D eigenvalue weighted by Gasteiger charge is 2.19. The van der Waals surface area contributed by atoms with Crippen molar-refractivity contribution in [2.45, 2.75) is 58.9 Å². The Morgan fingerprint density at radius 2 is 2.06 bits per heavy atom. The first kappa shape index (κ1) is 14.7. The topological polar surface area (TPSA) is 70.6 Å². The molecule has 5 nitrogen and oxygen atoms in total. The van der Waals surface area contributed by atoms with Gasteiger partial charge in [-0.3, -0.25) is 9.59 Å². The second-order valence-corrected chi connectivity index (χ2v) is 5.29. The molecule has 1 aliphatic rings. The van der Waals surface area contributed by atoms with Crippen molar-refractivity contribution in [1.82, 2.24) is 10.7 Å². The van der Waals surface area contributed by atoms with Crippen molar-refractivity contribution < 1.29 is 9.59 Å². The largest absolute Gasteiger partial charge is 0.348 e. The minimum Gasteiger partial charge on any atom is -0.348 e. The van der Waals surface area contributed by atoms with Crippen molar-refractivity contribution in [2.24, 2.45) is 11.0 Å². The van der Waals surface area contributed by atoms with Gasteiger partial charge in [0.2, 0.25) is 5.91 Å². The molecule has 0 bridgehead atoms. The van der Waals surface area contributed by atoms with Crippen LogP contribution < -0.4 is 10.7 Å². The summed E-state index contributed by atoms with van der Waals surface area (Å²) in [4.78, 5) is 22.7. The third-order valence-electron chi connectivity index (χ3n) is 2.96. The zero-order chi connectivity index (χ0) is 13.5. The Morgan fingerprint density at radius 1 is 1.33 bits per heavy atom. The summed E-state index contributed by atoms with van der Waals surface area (Å²) in [5.74, 6) is 0.411. The molecule has 5 heteroatoms. The van der Waals surface area contributed by atoms with E-state index in [0.29, 0.717) is 24.5 Å². The molecular formula is C13H23N3O2. The van der Waals surface area contributed by atoms with E-state index in [4.69, 9.17) is 0 Å². The Labute approximate surface area is 108 Å². The molecule has 0 aliphatic carbocycles. The molecule has 0 radical (unpaired) electrons. The molecule has 1 unspecified atom stereocenters. The fourth-order valence-corrected chi connectivity index (χ4v) is 1.85. The lowest BCUT2D eigenvalue weighted by molar-refractivity contribution is -0.121. The zero-order valence-electron chi connectivity index (χ0n) is 11.5. The van der Waals surface area contributed by atoms with Crippen LogP contribution in [0.15, 0.2) is 5.10 Å². The van der Waals surface area contributed by atoms with Crippen LogP contribution in [0, 0.1) is 5.92 Å². The molecule has 0 saturated carbocycles. The van der Waals surface area contributed by atoms with E-state index in [9.17, 15) is 9.59 Å². The highest BCUT2D eigenvalue weighted by atomic mass is 16.2. The normalized spacial score (nSPS) is 17.1. The fraction of sp³-hybridized carbons (Fsp3) is 0.769. The zero-order valence-corrected chi connectivity index (χ0v) is 11.5. The van der Waals surface area contributed by atoms with Gasteiger partial charge in [0.05, 0.1) is 0 Å². The van der Waals surface area contributed by atoms with E-state index in [1.807, 2.05) is 6.92 Å². The summed E-state index contributed by atoms with van der Waals surface area (Å²) in [6.45, 7) is 6.39. The number of hydrazone groups is 1. The maximum absolute atomic E-state index is 11.8. The van der Waals surface area contributed by atoms with Crippen LogP contribution in [0.5, 0.6) is 0 Å². The Bertz CT molecular complexity index is 337. The summed E-state index contributed by atoms with van der Waals surface area (Å²) in [7, 11) is 0. The quantitative estimate of drug-likeness (QED) is 0.754. The SMILES string of the molecule is CC(C)CCCC(C)NC(=O)C1=NNC(=O)CC1. The standard InChI is InChI=1S/C13H23N3O2/c1-9(2)5-4-6-10(3)14-13(18)11-7-8-12(17)16-15-11/h9-10H,4-8H2,1-3H3,(H,14,18)(H,16,17). The van der Waals surface area contributed by atoms with E-state index in [0.717, 1.165) is 12.8 Å². The summed E-state index contributed by atoms with van der Waals surface area (Å²) < 4.78 is 0. The lowest BCUT2D eigenvalue weighted by Crippen LogP contribution is -2.40. The highest BCUT2D eigenvalue weighted by molar-refractivity contribution is 6.39. The second kappa shape index (κ2) is 7.13. The summed E-state index contributed by atoms with van der Waals surface area (Å²) in [6, 6.07) is 0.150. The molecule has 2 amide bonds. The number of nitrogens with zero attached hydrogens (tertiary/aromatic N) is 1. The maximum Gasteiger partial charge on any atom is 0.267 e. The molecule has 0 fully saturated rings. The third kappa shape index (κ3) is 5.29. The molecule has 2 N–H and O–H groups in total. The van der Waals surface area contributed by atoms with E-state index < -0.39 is 0 Å². The van der Waals surface area contributed by atoms with Gasteiger partial charge in [0.1, 0.15) is 5.71 Å². The van der Waals surface area contributed by atoms with Gasteiger partial charge >= 0.3 is 0 Å². The molecule has 0 aromatic heterocycles. The van der Waals surface area contributed by atoms with Crippen molar-refractivity contribution in [3.05, 3.63) is 0 Å². The van der Waals surface area contributed by atoms with Gasteiger partial charge in [-0.05, 0) is 19.3 Å². The Kier molecular flexibility index (Phi) is 5.82. The first-order chi connectivity index (χ1) is 8.49. The molecule has 1 aliphatic heterocycles. The van der Waals surface area contributed by atoms with E-state index in [-0.39, 0.29) is 17.9 Å². The molecule has 18 heavy (non-hydrogen) atoms. The van der Waals surface area contributed by atoms with Gasteiger partial charge in [-0.25, -0.2) is 5.43 Å². The molecule has 0 spiro atoms. The summed E-state index contributed by atoms with van der Waals surface area (Å²) in [5, 5.41) is 6.69. The number of amides is 2. The molecule has 1 rings (SSSR count). The number of carbonyl (C=O) groups excluding carboxylic acids is 2. The first-order valence-electron chi connectivity index (χ1n) is 6.65. The van der Waals surface area contributed by atoms with Gasteiger partial charge in [0, 0.05) is 18.9 Å². The van der Waals surface area contributed by atoms with Crippen molar-refractivity contribution >= 4 is 17.5 Å². The number of rotatable bonds is 6. The van der Waals surface area contributed by atoms with Crippen LogP contribution in [0.2, 0.25) is 0 Å². The predicted octanol–water partition coefficient (Wildman–Crippen LogP) is 1.58. The Morgan fingerprint density at radius 3 is 2.61 bits per heavy atom. The van der Waals surface area contributed by atoms with Crippen LogP contribution in [0.1, 0.15) is 52.9 Å². The molecule has 0 saturated heterocycles. The van der Waals surface area contributed by atoms with E-state index in [2.05, 4.69) is 29.7 Å². The highest BCUT2D eigenvalue weighted by Crippen LogP contribution is 2.08. The minimum absolute atomic E-state index is 0.128. The van der Waals surface area contributed by atoms with Crippen LogP contribution in [0.25, 0.3) is 0 Å². The average Bonchev–Trinajstić information content (AvgIpc) is 2.29. The van der Waals surface area contributed by atoms with E-state index >= 15 is 0 Å². The second-order valence-electron chi connectivity index (χ2n) is 5.29. The Hall–Kier alpha value is -1.39. The maximum atomic E-state index is 11.8. The first-order valence-corrected chi connectivity index (χ1v) is 6.65. The number of hydrogen-bond acceptors (Lipinski definition) is 3. The molecule has 102 valence electrons. The van der Waals surface area contributed by atoms with Gasteiger partial charge in [-0.15, -0.1) is 0 Å². The van der Waals surface area contributed by atoms with E-state index in [1.54, 1.807) is 0 Å². The fourth-order valence-electron chi connectivity index (χ4n) is 1.85. The van der Waals surface area contributed by atoms with Crippen molar-refractivity contribution in [3.63, 3.8) is 0 Å². The number of carbonyl (C=O) groups is 2. The van der Waals surface area contributed by atoms with Crippen LogP contribution in [-0.2, 0) is 9.59 Å². The third-order valence-corrected chi connectivity index (χ3v) is 2.96. The van der Waals surface area contributed by atoms with Crippen LogP contribution in [0.3, 0.4) is 0 Å². The minimum atomic E-state index is -0.160. The van der Waals surface area contributed by atoms with Crippen LogP contribution in [0.4, 0.5) is 0 Å². The Balaban J connectivity index is 2.29. The predicted molar refractivity (Wildman–Crippen MR) is 71.1 cm³/mol. The van der Waals surface area contributed by atoms with Crippen molar-refractivity contribution in [3.8, 4) is 0 Å². The molecule has 1 atom stereocenters. The summed E-state index contributed by atoms with van der Waals surface area (Å²) in [5.41, 5.74) is 2.75. The monoisotopic (exact) mass is 253 g/mol. The smallest absolute Gasteiger partial charge is 0.267 e. The van der Waals surface area contributed by atoms with Gasteiger partial charge in [-0.2, -0.15) is 5.10 Å². The molecule has 0 aromatic rings.